The third-order valence-electron chi connectivity index (χ3n) is 3.48. The minimum absolute atomic E-state index is 0.0335. The lowest BCUT2D eigenvalue weighted by molar-refractivity contribution is -0.117. The molecule has 0 atom stereocenters. The summed E-state index contributed by atoms with van der Waals surface area (Å²) in [5.74, 6) is -0.547. The van der Waals surface area contributed by atoms with E-state index < -0.39 is 5.82 Å². The molecule has 2 amide bonds. The first-order valence-electron chi connectivity index (χ1n) is 7.57. The highest BCUT2D eigenvalue weighted by Crippen LogP contribution is 2.31. The van der Waals surface area contributed by atoms with E-state index in [0.29, 0.717) is 22.1 Å². The highest BCUT2D eigenvalue weighted by atomic mass is 35.5. The number of nitrogens with zero attached hydrogens (tertiary/aromatic N) is 1. The maximum Gasteiger partial charge on any atom is 0.226 e. The normalized spacial score (nSPS) is 10.2. The van der Waals surface area contributed by atoms with Gasteiger partial charge in [-0.3, -0.25) is 9.59 Å². The SMILES string of the molecule is COc1ccc(Cl)cc1N(CCC(=O)Nc1cccc(F)c1)C(C)=O. The molecule has 132 valence electrons. The molecular formula is C18H18ClFN2O3. The highest BCUT2D eigenvalue weighted by molar-refractivity contribution is 6.31. The molecule has 0 bridgehead atoms. The number of hydrogen-bond donors (Lipinski definition) is 1. The van der Waals surface area contributed by atoms with Crippen LogP contribution in [0.3, 0.4) is 0 Å². The van der Waals surface area contributed by atoms with E-state index in [1.807, 2.05) is 0 Å². The van der Waals surface area contributed by atoms with Crippen LogP contribution in [0.25, 0.3) is 0 Å². The summed E-state index contributed by atoms with van der Waals surface area (Å²) in [4.78, 5) is 25.5. The molecule has 0 aliphatic rings. The van der Waals surface area contributed by atoms with E-state index in [1.165, 1.54) is 37.1 Å². The summed E-state index contributed by atoms with van der Waals surface area (Å²) in [7, 11) is 1.49. The fraction of sp³-hybridized carbons (Fsp3) is 0.222. The van der Waals surface area contributed by atoms with Crippen molar-refractivity contribution in [2.24, 2.45) is 0 Å². The topological polar surface area (TPSA) is 58.6 Å². The molecule has 0 unspecified atom stereocenters. The van der Waals surface area contributed by atoms with Gasteiger partial charge in [-0.25, -0.2) is 4.39 Å². The summed E-state index contributed by atoms with van der Waals surface area (Å²) in [6, 6.07) is 10.5. The number of nitrogens with one attached hydrogen (secondary N) is 1. The molecule has 5 nitrogen and oxygen atoms in total. The van der Waals surface area contributed by atoms with Crippen molar-refractivity contribution in [3.05, 3.63) is 53.3 Å². The standard InChI is InChI=1S/C18H18ClFN2O3/c1-12(23)22(16-10-13(19)6-7-17(16)25-2)9-8-18(24)21-15-5-3-4-14(20)11-15/h3-7,10-11H,8-9H2,1-2H3,(H,21,24). The summed E-state index contributed by atoms with van der Waals surface area (Å²) in [5.41, 5.74) is 0.848. The molecule has 0 aliphatic carbocycles. The Morgan fingerprint density at radius 1 is 1.24 bits per heavy atom. The minimum atomic E-state index is -0.438. The second-order valence-corrected chi connectivity index (χ2v) is 5.73. The Morgan fingerprint density at radius 2 is 2.00 bits per heavy atom. The van der Waals surface area contributed by atoms with Gasteiger partial charge in [0.15, 0.2) is 0 Å². The van der Waals surface area contributed by atoms with Crippen LogP contribution in [0.2, 0.25) is 5.02 Å². The van der Waals surface area contributed by atoms with Crippen molar-refractivity contribution in [1.29, 1.82) is 0 Å². The van der Waals surface area contributed by atoms with Crippen LogP contribution in [-0.4, -0.2) is 25.5 Å². The molecule has 1 N–H and O–H groups in total. The summed E-state index contributed by atoms with van der Waals surface area (Å²) >= 11 is 6.00. The molecule has 2 aromatic rings. The largest absolute Gasteiger partial charge is 0.495 e. The number of benzene rings is 2. The van der Waals surface area contributed by atoms with Gasteiger partial charge in [0.1, 0.15) is 11.6 Å². The van der Waals surface area contributed by atoms with Crippen molar-refractivity contribution in [1.82, 2.24) is 0 Å². The van der Waals surface area contributed by atoms with Gasteiger partial charge in [0, 0.05) is 30.6 Å². The Hall–Kier alpha value is -2.60. The first-order valence-corrected chi connectivity index (χ1v) is 7.95. The molecule has 0 aliphatic heterocycles. The average Bonchev–Trinajstić information content (AvgIpc) is 2.55. The van der Waals surface area contributed by atoms with Gasteiger partial charge in [0.25, 0.3) is 0 Å². The van der Waals surface area contributed by atoms with Gasteiger partial charge in [-0.15, -0.1) is 0 Å². The highest BCUT2D eigenvalue weighted by Gasteiger charge is 2.18. The molecule has 7 heteroatoms. The Balaban J connectivity index is 2.08. The van der Waals surface area contributed by atoms with Gasteiger partial charge in [0.2, 0.25) is 11.8 Å². The average molecular weight is 365 g/mol. The van der Waals surface area contributed by atoms with E-state index >= 15 is 0 Å². The fourth-order valence-electron chi connectivity index (χ4n) is 2.32. The van der Waals surface area contributed by atoms with Crippen LogP contribution in [0.4, 0.5) is 15.8 Å². The predicted octanol–water partition coefficient (Wildman–Crippen LogP) is 3.87. The number of carbonyl (C=O) groups excluding carboxylic acids is 2. The Labute approximate surface area is 150 Å². The third kappa shape index (κ3) is 5.19. The molecule has 25 heavy (non-hydrogen) atoms. The van der Waals surface area contributed by atoms with Gasteiger partial charge in [-0.2, -0.15) is 0 Å². The van der Waals surface area contributed by atoms with E-state index in [4.69, 9.17) is 16.3 Å². The molecule has 0 fully saturated rings. The van der Waals surface area contributed by atoms with Gasteiger partial charge < -0.3 is 15.0 Å². The first-order chi connectivity index (χ1) is 11.9. The van der Waals surface area contributed by atoms with E-state index in [0.717, 1.165) is 0 Å². The van der Waals surface area contributed by atoms with Crippen LogP contribution < -0.4 is 15.0 Å². The van der Waals surface area contributed by atoms with Crippen LogP contribution >= 0.6 is 11.6 Å². The lowest BCUT2D eigenvalue weighted by atomic mass is 10.2. The van der Waals surface area contributed by atoms with Crippen LogP contribution in [0.1, 0.15) is 13.3 Å². The lowest BCUT2D eigenvalue weighted by Gasteiger charge is -2.23. The van der Waals surface area contributed by atoms with Crippen LogP contribution in [0.5, 0.6) is 5.75 Å². The van der Waals surface area contributed by atoms with Crippen molar-refractivity contribution in [2.45, 2.75) is 13.3 Å². The number of hydrogen-bond acceptors (Lipinski definition) is 3. The van der Waals surface area contributed by atoms with E-state index in [9.17, 15) is 14.0 Å². The first kappa shape index (κ1) is 18.7. The molecule has 2 aromatic carbocycles. The Bertz CT molecular complexity index is 783. The minimum Gasteiger partial charge on any atom is -0.495 e. The molecule has 0 aromatic heterocycles. The summed E-state index contributed by atoms with van der Waals surface area (Å²) in [6.45, 7) is 1.53. The Kier molecular flexibility index (Phi) is 6.36. The van der Waals surface area contributed by atoms with Crippen molar-refractivity contribution >= 4 is 34.8 Å². The summed E-state index contributed by atoms with van der Waals surface area (Å²) in [6.07, 6.45) is 0.0335. The van der Waals surface area contributed by atoms with E-state index in [2.05, 4.69) is 5.32 Å². The Morgan fingerprint density at radius 3 is 2.64 bits per heavy atom. The van der Waals surface area contributed by atoms with Gasteiger partial charge >= 0.3 is 0 Å². The smallest absolute Gasteiger partial charge is 0.226 e. The maximum absolute atomic E-state index is 13.1. The number of halogens is 2. The third-order valence-corrected chi connectivity index (χ3v) is 3.72. The van der Waals surface area contributed by atoms with Gasteiger partial charge in [0.05, 0.1) is 12.8 Å². The number of carbonyl (C=O) groups is 2. The van der Waals surface area contributed by atoms with Crippen molar-refractivity contribution in [3.8, 4) is 5.75 Å². The van der Waals surface area contributed by atoms with Crippen molar-refractivity contribution in [3.63, 3.8) is 0 Å². The van der Waals surface area contributed by atoms with E-state index in [1.54, 1.807) is 24.3 Å². The predicted molar refractivity (Wildman–Crippen MR) is 95.7 cm³/mol. The van der Waals surface area contributed by atoms with Gasteiger partial charge in [-0.1, -0.05) is 17.7 Å². The van der Waals surface area contributed by atoms with Crippen LogP contribution in [0.15, 0.2) is 42.5 Å². The second-order valence-electron chi connectivity index (χ2n) is 5.30. The molecule has 0 heterocycles. The maximum atomic E-state index is 13.1. The zero-order valence-corrected chi connectivity index (χ0v) is 14.6. The van der Waals surface area contributed by atoms with E-state index in [-0.39, 0.29) is 24.8 Å². The lowest BCUT2D eigenvalue weighted by Crippen LogP contribution is -2.32. The molecule has 2 rings (SSSR count). The number of amides is 2. The summed E-state index contributed by atoms with van der Waals surface area (Å²) in [5, 5.41) is 3.04. The van der Waals surface area contributed by atoms with Crippen molar-refractivity contribution in [2.75, 3.05) is 23.9 Å². The van der Waals surface area contributed by atoms with Crippen molar-refractivity contribution < 1.29 is 18.7 Å². The zero-order valence-electron chi connectivity index (χ0n) is 13.9. The molecule has 0 saturated heterocycles. The number of rotatable bonds is 6. The molecule has 0 spiro atoms. The fourth-order valence-corrected chi connectivity index (χ4v) is 2.49. The number of methoxy groups -OCH3 is 1. The van der Waals surface area contributed by atoms with Crippen LogP contribution in [0, 0.1) is 5.82 Å². The quantitative estimate of drug-likeness (QED) is 0.846. The number of ether oxygens (including phenoxy) is 1. The van der Waals surface area contributed by atoms with Gasteiger partial charge in [-0.05, 0) is 36.4 Å². The second kappa shape index (κ2) is 8.48. The monoisotopic (exact) mass is 364 g/mol. The molecular weight excluding hydrogens is 347 g/mol. The van der Waals surface area contributed by atoms with Crippen LogP contribution in [-0.2, 0) is 9.59 Å². The zero-order chi connectivity index (χ0) is 18.4. The molecule has 0 radical (unpaired) electrons. The molecule has 0 saturated carbocycles. The number of anilines is 2. The summed E-state index contributed by atoms with van der Waals surface area (Å²) < 4.78 is 18.4.